The molecule has 11 heteroatoms. The number of thiophene rings is 1. The zero-order valence-corrected chi connectivity index (χ0v) is 22.1. The largest absolute Gasteiger partial charge is 0.497 e. The fraction of sp³-hybridized carbons (Fsp3) is 0.400. The molecule has 2 amide bonds. The number of hydrogen-bond donors (Lipinski definition) is 2. The molecule has 1 aliphatic rings. The van der Waals surface area contributed by atoms with Crippen LogP contribution in [0.4, 0.5) is 5.00 Å². The normalized spacial score (nSPS) is 13.4. The van der Waals surface area contributed by atoms with E-state index >= 15 is 0 Å². The molecule has 1 unspecified atom stereocenters. The lowest BCUT2D eigenvalue weighted by atomic mass is 9.96. The fourth-order valence-electron chi connectivity index (χ4n) is 4.18. The molecule has 9 nitrogen and oxygen atoms in total. The SMILES string of the molecule is COc1ccc(CC(=O)NC(C)c2nnc(SCC(=O)Nc3sc4c(c3C#N)CCCC4)n2C)cc1. The molecule has 0 saturated heterocycles. The van der Waals surface area contributed by atoms with Crippen molar-refractivity contribution in [1.82, 2.24) is 20.1 Å². The number of aryl methyl sites for hydroxylation is 1. The van der Waals surface area contributed by atoms with Crippen LogP contribution in [0.25, 0.3) is 0 Å². The molecule has 0 saturated carbocycles. The van der Waals surface area contributed by atoms with Crippen molar-refractivity contribution in [3.63, 3.8) is 0 Å². The van der Waals surface area contributed by atoms with E-state index in [1.54, 1.807) is 11.7 Å². The monoisotopic (exact) mass is 524 g/mol. The molecular formula is C25H28N6O3S2. The number of carbonyl (C=O) groups is 2. The van der Waals surface area contributed by atoms with Crippen molar-refractivity contribution < 1.29 is 14.3 Å². The Morgan fingerprint density at radius 3 is 2.69 bits per heavy atom. The van der Waals surface area contributed by atoms with Crippen LogP contribution in [0, 0.1) is 11.3 Å². The average molecular weight is 525 g/mol. The summed E-state index contributed by atoms with van der Waals surface area (Å²) in [6.07, 6.45) is 4.31. The molecule has 1 aromatic carbocycles. The second-order valence-electron chi connectivity index (χ2n) is 8.58. The number of thioether (sulfide) groups is 1. The number of anilines is 1. The Hall–Kier alpha value is -3.36. The van der Waals surface area contributed by atoms with Crippen molar-refractivity contribution in [1.29, 1.82) is 5.26 Å². The lowest BCUT2D eigenvalue weighted by Gasteiger charge is -2.14. The van der Waals surface area contributed by atoms with Gasteiger partial charge in [-0.2, -0.15) is 5.26 Å². The topological polar surface area (TPSA) is 122 Å². The molecule has 4 rings (SSSR count). The van der Waals surface area contributed by atoms with E-state index in [1.165, 1.54) is 28.0 Å². The van der Waals surface area contributed by atoms with Gasteiger partial charge < -0.3 is 19.9 Å². The highest BCUT2D eigenvalue weighted by molar-refractivity contribution is 7.99. The number of ether oxygens (including phenoxy) is 1. The van der Waals surface area contributed by atoms with Crippen LogP contribution in [0.2, 0.25) is 0 Å². The van der Waals surface area contributed by atoms with E-state index in [2.05, 4.69) is 26.9 Å². The molecule has 3 aromatic rings. The first-order valence-electron chi connectivity index (χ1n) is 11.7. The van der Waals surface area contributed by atoms with E-state index < -0.39 is 0 Å². The Kier molecular flexibility index (Phi) is 8.28. The van der Waals surface area contributed by atoms with Crippen LogP contribution in [0.5, 0.6) is 5.75 Å². The minimum Gasteiger partial charge on any atom is -0.497 e. The number of fused-ring (bicyclic) bond motifs is 1. The van der Waals surface area contributed by atoms with Crippen LogP contribution in [-0.4, -0.2) is 39.4 Å². The summed E-state index contributed by atoms with van der Waals surface area (Å²) < 4.78 is 6.92. The van der Waals surface area contributed by atoms with E-state index in [9.17, 15) is 14.9 Å². The molecule has 2 aromatic heterocycles. The lowest BCUT2D eigenvalue weighted by molar-refractivity contribution is -0.121. The van der Waals surface area contributed by atoms with Crippen molar-refractivity contribution in [2.24, 2.45) is 7.05 Å². The highest BCUT2D eigenvalue weighted by Crippen LogP contribution is 2.37. The van der Waals surface area contributed by atoms with Gasteiger partial charge in [-0.1, -0.05) is 23.9 Å². The number of nitrogens with zero attached hydrogens (tertiary/aromatic N) is 4. The zero-order valence-electron chi connectivity index (χ0n) is 20.5. The van der Waals surface area contributed by atoms with Crippen LogP contribution >= 0.6 is 23.1 Å². The predicted octanol–water partition coefficient (Wildman–Crippen LogP) is 3.79. The van der Waals surface area contributed by atoms with Gasteiger partial charge in [0.05, 0.1) is 30.9 Å². The van der Waals surface area contributed by atoms with Gasteiger partial charge in [0.15, 0.2) is 11.0 Å². The van der Waals surface area contributed by atoms with Gasteiger partial charge in [0.2, 0.25) is 11.8 Å². The lowest BCUT2D eigenvalue weighted by Crippen LogP contribution is -2.29. The van der Waals surface area contributed by atoms with Crippen molar-refractivity contribution in [2.75, 3.05) is 18.2 Å². The number of nitriles is 1. The number of aromatic nitrogens is 3. The first-order chi connectivity index (χ1) is 17.4. The summed E-state index contributed by atoms with van der Waals surface area (Å²) >= 11 is 2.77. The van der Waals surface area contributed by atoms with E-state index in [4.69, 9.17) is 4.74 Å². The average Bonchev–Trinajstić information content (AvgIpc) is 3.42. The summed E-state index contributed by atoms with van der Waals surface area (Å²) in [5, 5.41) is 25.1. The molecule has 2 heterocycles. The van der Waals surface area contributed by atoms with E-state index in [0.29, 0.717) is 21.5 Å². The van der Waals surface area contributed by atoms with Crippen LogP contribution in [0.1, 0.15) is 53.2 Å². The maximum Gasteiger partial charge on any atom is 0.235 e. The van der Waals surface area contributed by atoms with Gasteiger partial charge >= 0.3 is 0 Å². The molecule has 0 aliphatic heterocycles. The molecule has 0 radical (unpaired) electrons. The zero-order chi connectivity index (χ0) is 25.7. The Morgan fingerprint density at radius 1 is 1.22 bits per heavy atom. The first kappa shape index (κ1) is 25.7. The fourth-order valence-corrected chi connectivity index (χ4v) is 6.15. The maximum absolute atomic E-state index is 12.6. The highest BCUT2D eigenvalue weighted by atomic mass is 32.2. The third-order valence-corrected chi connectivity index (χ3v) is 8.25. The Balaban J connectivity index is 1.31. The van der Waals surface area contributed by atoms with Crippen LogP contribution in [0.3, 0.4) is 0 Å². The predicted molar refractivity (Wildman–Crippen MR) is 139 cm³/mol. The summed E-state index contributed by atoms with van der Waals surface area (Å²) in [4.78, 5) is 26.3. The van der Waals surface area contributed by atoms with Gasteiger partial charge in [0.1, 0.15) is 16.8 Å². The van der Waals surface area contributed by atoms with Crippen molar-refractivity contribution in [3.8, 4) is 11.8 Å². The summed E-state index contributed by atoms with van der Waals surface area (Å²) in [6, 6.07) is 9.27. The quantitative estimate of drug-likeness (QED) is 0.409. The van der Waals surface area contributed by atoms with Crippen molar-refractivity contribution in [2.45, 2.75) is 50.2 Å². The smallest absolute Gasteiger partial charge is 0.235 e. The number of carbonyl (C=O) groups excluding carboxylic acids is 2. The second kappa shape index (κ2) is 11.6. The minimum atomic E-state index is -0.355. The van der Waals surface area contributed by atoms with Crippen molar-refractivity contribution >= 4 is 39.9 Å². The number of nitrogens with one attached hydrogen (secondary N) is 2. The van der Waals surface area contributed by atoms with Gasteiger partial charge in [0.25, 0.3) is 0 Å². The molecule has 2 N–H and O–H groups in total. The highest BCUT2D eigenvalue weighted by Gasteiger charge is 2.23. The summed E-state index contributed by atoms with van der Waals surface area (Å²) in [5.41, 5.74) is 2.58. The van der Waals surface area contributed by atoms with E-state index in [0.717, 1.165) is 42.6 Å². The second-order valence-corrected chi connectivity index (χ2v) is 10.6. The minimum absolute atomic E-state index is 0.129. The van der Waals surface area contributed by atoms with Gasteiger partial charge in [0, 0.05) is 11.9 Å². The molecule has 188 valence electrons. The maximum atomic E-state index is 12.6. The number of hydrogen-bond acceptors (Lipinski definition) is 8. The van der Waals surface area contributed by atoms with E-state index in [-0.39, 0.29) is 30.0 Å². The van der Waals surface area contributed by atoms with E-state index in [1.807, 2.05) is 38.2 Å². The summed E-state index contributed by atoms with van der Waals surface area (Å²) in [7, 11) is 3.41. The van der Waals surface area contributed by atoms with Crippen molar-refractivity contribution in [3.05, 3.63) is 51.7 Å². The van der Waals surface area contributed by atoms with Gasteiger partial charge in [-0.3, -0.25) is 9.59 Å². The molecule has 36 heavy (non-hydrogen) atoms. The number of amides is 2. The summed E-state index contributed by atoms with van der Waals surface area (Å²) in [5.74, 6) is 1.15. The Bertz CT molecular complexity index is 1290. The van der Waals surface area contributed by atoms with Crippen LogP contribution in [-0.2, 0) is 35.9 Å². The third-order valence-electron chi connectivity index (χ3n) is 6.03. The number of benzene rings is 1. The number of rotatable bonds is 9. The first-order valence-corrected chi connectivity index (χ1v) is 13.5. The molecule has 1 atom stereocenters. The third kappa shape index (κ3) is 5.88. The molecule has 0 fully saturated rings. The Morgan fingerprint density at radius 2 is 1.97 bits per heavy atom. The number of methoxy groups -OCH3 is 1. The van der Waals surface area contributed by atoms with Crippen LogP contribution in [0.15, 0.2) is 29.4 Å². The van der Waals surface area contributed by atoms with Gasteiger partial charge in [-0.25, -0.2) is 0 Å². The molecule has 1 aliphatic carbocycles. The van der Waals surface area contributed by atoms with Crippen LogP contribution < -0.4 is 15.4 Å². The van der Waals surface area contributed by atoms with Gasteiger partial charge in [-0.15, -0.1) is 21.5 Å². The Labute approximate surface area is 218 Å². The summed E-state index contributed by atoms with van der Waals surface area (Å²) in [6.45, 7) is 1.85. The standard InChI is InChI=1S/C25H28N6O3S2/c1-15(27-21(32)12-16-8-10-17(34-3)11-9-16)23-29-30-25(31(23)2)35-14-22(33)28-24-19(13-26)18-6-4-5-7-20(18)36-24/h8-11,15H,4-7,12,14H2,1-3H3,(H,27,32)(H,28,33). The molecule has 0 spiro atoms. The molecular weight excluding hydrogens is 496 g/mol. The molecule has 0 bridgehead atoms. The van der Waals surface area contributed by atoms with Gasteiger partial charge in [-0.05, 0) is 55.9 Å².